The average Bonchev–Trinajstić information content (AvgIpc) is 2.50. The Morgan fingerprint density at radius 3 is 2.55 bits per heavy atom. The maximum atomic E-state index is 9.11. The molecule has 1 aliphatic carbocycles. The predicted octanol–water partition coefficient (Wildman–Crippen LogP) is 0.514. The highest BCUT2D eigenvalue weighted by Gasteiger charge is 2.31. The van der Waals surface area contributed by atoms with Gasteiger partial charge in [0.05, 0.1) is 13.2 Å². The lowest BCUT2D eigenvalue weighted by atomic mass is 9.99. The number of hydrogen-bond donors (Lipinski definition) is 2. The summed E-state index contributed by atoms with van der Waals surface area (Å²) in [5.74, 6) is 2.53. The number of hydrogen-bond acceptors (Lipinski definition) is 2. The van der Waals surface area contributed by atoms with Crippen LogP contribution >= 0.6 is 0 Å². The van der Waals surface area contributed by atoms with E-state index in [0.717, 1.165) is 12.8 Å². The topological polar surface area (TPSA) is 32.3 Å². The Labute approximate surface area is 68.0 Å². The van der Waals surface area contributed by atoms with Crippen LogP contribution in [0.25, 0.3) is 0 Å². The lowest BCUT2D eigenvalue weighted by Gasteiger charge is -2.26. The second-order valence-corrected chi connectivity index (χ2v) is 3.20. The molecule has 1 rings (SSSR count). The minimum absolute atomic E-state index is 0.0492. The minimum atomic E-state index is -0.0492. The van der Waals surface area contributed by atoms with Crippen LogP contribution in [0.1, 0.15) is 25.7 Å². The second-order valence-electron chi connectivity index (χ2n) is 3.20. The Morgan fingerprint density at radius 1 is 1.45 bits per heavy atom. The Morgan fingerprint density at radius 2 is 2.09 bits per heavy atom. The number of nitrogens with one attached hydrogen (secondary N) is 1. The van der Waals surface area contributed by atoms with Crippen molar-refractivity contribution in [2.75, 3.05) is 13.2 Å². The van der Waals surface area contributed by atoms with Crippen molar-refractivity contribution >= 4 is 0 Å². The van der Waals surface area contributed by atoms with Crippen LogP contribution < -0.4 is 5.32 Å². The van der Waals surface area contributed by atoms with Crippen LogP contribution in [0.3, 0.4) is 0 Å². The van der Waals surface area contributed by atoms with E-state index in [-0.39, 0.29) is 12.1 Å². The maximum absolute atomic E-state index is 9.11. The molecule has 0 radical (unpaired) electrons. The fourth-order valence-electron chi connectivity index (χ4n) is 1.68. The van der Waals surface area contributed by atoms with Crippen LogP contribution in [-0.4, -0.2) is 23.8 Å². The fraction of sp³-hybridized carbons (Fsp3) is 0.778. The summed E-state index contributed by atoms with van der Waals surface area (Å²) in [5.41, 5.74) is -0.0492. The zero-order valence-electron chi connectivity index (χ0n) is 6.77. The molecule has 0 amide bonds. The first-order valence-electron chi connectivity index (χ1n) is 4.12. The quantitative estimate of drug-likeness (QED) is 0.579. The highest BCUT2D eigenvalue weighted by atomic mass is 16.3. The molecule has 2 N–H and O–H groups in total. The standard InChI is InChI=1S/C9H15NO/c1-2-7-10-9(8-11)5-3-4-6-9/h1,10-11H,3-8H2. The first-order valence-corrected chi connectivity index (χ1v) is 4.12. The fourth-order valence-corrected chi connectivity index (χ4v) is 1.68. The zero-order chi connectivity index (χ0) is 8.16. The predicted molar refractivity (Wildman–Crippen MR) is 45.1 cm³/mol. The summed E-state index contributed by atoms with van der Waals surface area (Å²) in [5, 5.41) is 12.3. The van der Waals surface area contributed by atoms with E-state index >= 15 is 0 Å². The molecule has 1 saturated carbocycles. The van der Waals surface area contributed by atoms with Crippen molar-refractivity contribution in [2.45, 2.75) is 31.2 Å². The van der Waals surface area contributed by atoms with Gasteiger partial charge < -0.3 is 5.11 Å². The third-order valence-electron chi connectivity index (χ3n) is 2.43. The molecule has 0 unspecified atom stereocenters. The number of terminal acetylenes is 1. The van der Waals surface area contributed by atoms with Crippen molar-refractivity contribution in [3.8, 4) is 12.3 Å². The molecular formula is C9H15NO. The first-order chi connectivity index (χ1) is 5.33. The summed E-state index contributed by atoms with van der Waals surface area (Å²) in [6.45, 7) is 0.787. The third kappa shape index (κ3) is 1.95. The van der Waals surface area contributed by atoms with Gasteiger partial charge in [-0.25, -0.2) is 0 Å². The summed E-state index contributed by atoms with van der Waals surface area (Å²) in [7, 11) is 0. The van der Waals surface area contributed by atoms with Gasteiger partial charge in [0.2, 0.25) is 0 Å². The Kier molecular flexibility index (Phi) is 2.92. The van der Waals surface area contributed by atoms with Gasteiger partial charge in [0.1, 0.15) is 0 Å². The number of aliphatic hydroxyl groups is 1. The molecule has 0 aromatic carbocycles. The lowest BCUT2D eigenvalue weighted by molar-refractivity contribution is 0.169. The van der Waals surface area contributed by atoms with Gasteiger partial charge in [-0.1, -0.05) is 18.8 Å². The molecule has 0 aliphatic heterocycles. The summed E-state index contributed by atoms with van der Waals surface area (Å²) >= 11 is 0. The van der Waals surface area contributed by atoms with Crippen molar-refractivity contribution < 1.29 is 5.11 Å². The highest BCUT2D eigenvalue weighted by Crippen LogP contribution is 2.28. The molecule has 0 atom stereocenters. The van der Waals surface area contributed by atoms with E-state index in [1.165, 1.54) is 12.8 Å². The van der Waals surface area contributed by atoms with Gasteiger partial charge >= 0.3 is 0 Å². The molecule has 0 saturated heterocycles. The molecule has 0 aromatic heterocycles. The summed E-state index contributed by atoms with van der Waals surface area (Å²) in [6.07, 6.45) is 9.66. The SMILES string of the molecule is C#CCNC1(CO)CCCC1. The van der Waals surface area contributed by atoms with Crippen LogP contribution in [0.4, 0.5) is 0 Å². The summed E-state index contributed by atoms with van der Waals surface area (Å²) < 4.78 is 0. The van der Waals surface area contributed by atoms with Gasteiger partial charge in [0.25, 0.3) is 0 Å². The Balaban J connectivity index is 2.40. The van der Waals surface area contributed by atoms with Crippen molar-refractivity contribution in [3.05, 3.63) is 0 Å². The average molecular weight is 153 g/mol. The monoisotopic (exact) mass is 153 g/mol. The van der Waals surface area contributed by atoms with E-state index in [4.69, 9.17) is 11.5 Å². The molecule has 11 heavy (non-hydrogen) atoms. The molecule has 62 valence electrons. The van der Waals surface area contributed by atoms with Gasteiger partial charge in [-0.05, 0) is 12.8 Å². The normalized spacial score (nSPS) is 21.5. The van der Waals surface area contributed by atoms with Crippen LogP contribution in [0.5, 0.6) is 0 Å². The Bertz CT molecular complexity index is 153. The zero-order valence-corrected chi connectivity index (χ0v) is 6.77. The maximum Gasteiger partial charge on any atom is 0.0613 e. The first kappa shape index (κ1) is 8.58. The van der Waals surface area contributed by atoms with Crippen molar-refractivity contribution in [3.63, 3.8) is 0 Å². The number of rotatable bonds is 3. The van der Waals surface area contributed by atoms with Gasteiger partial charge in [0, 0.05) is 5.54 Å². The van der Waals surface area contributed by atoms with E-state index in [1.807, 2.05) is 0 Å². The Hall–Kier alpha value is -0.520. The van der Waals surface area contributed by atoms with E-state index in [0.29, 0.717) is 6.54 Å². The minimum Gasteiger partial charge on any atom is -0.394 e. The largest absolute Gasteiger partial charge is 0.394 e. The smallest absolute Gasteiger partial charge is 0.0613 e. The van der Waals surface area contributed by atoms with Crippen LogP contribution in [-0.2, 0) is 0 Å². The van der Waals surface area contributed by atoms with Gasteiger partial charge in [-0.15, -0.1) is 6.42 Å². The third-order valence-corrected chi connectivity index (χ3v) is 2.43. The molecular weight excluding hydrogens is 138 g/mol. The molecule has 0 aromatic rings. The van der Waals surface area contributed by atoms with Crippen molar-refractivity contribution in [2.24, 2.45) is 0 Å². The van der Waals surface area contributed by atoms with Crippen LogP contribution in [0, 0.1) is 12.3 Å². The van der Waals surface area contributed by atoms with Gasteiger partial charge in [-0.3, -0.25) is 5.32 Å². The molecule has 2 heteroatoms. The molecule has 0 spiro atoms. The van der Waals surface area contributed by atoms with Crippen molar-refractivity contribution in [1.82, 2.24) is 5.32 Å². The summed E-state index contributed by atoms with van der Waals surface area (Å²) in [4.78, 5) is 0. The molecule has 1 fully saturated rings. The molecule has 0 bridgehead atoms. The van der Waals surface area contributed by atoms with Gasteiger partial charge in [-0.2, -0.15) is 0 Å². The molecule has 0 heterocycles. The highest BCUT2D eigenvalue weighted by molar-refractivity contribution is 4.97. The van der Waals surface area contributed by atoms with Crippen molar-refractivity contribution in [1.29, 1.82) is 0 Å². The molecule has 1 aliphatic rings. The second kappa shape index (κ2) is 3.75. The van der Waals surface area contributed by atoms with E-state index in [9.17, 15) is 0 Å². The molecule has 2 nitrogen and oxygen atoms in total. The summed E-state index contributed by atoms with van der Waals surface area (Å²) in [6, 6.07) is 0. The van der Waals surface area contributed by atoms with E-state index < -0.39 is 0 Å². The van der Waals surface area contributed by atoms with Gasteiger partial charge in [0.15, 0.2) is 0 Å². The number of aliphatic hydroxyl groups excluding tert-OH is 1. The van der Waals surface area contributed by atoms with Crippen LogP contribution in [0.2, 0.25) is 0 Å². The lowest BCUT2D eigenvalue weighted by Crippen LogP contribution is -2.46. The van der Waals surface area contributed by atoms with Crippen LogP contribution in [0.15, 0.2) is 0 Å². The van der Waals surface area contributed by atoms with E-state index in [1.54, 1.807) is 0 Å². The van der Waals surface area contributed by atoms with E-state index in [2.05, 4.69) is 11.2 Å².